The zero-order valence-corrected chi connectivity index (χ0v) is 17.6. The van der Waals surface area contributed by atoms with Crippen molar-refractivity contribution in [2.75, 3.05) is 40.9 Å². The Morgan fingerprint density at radius 3 is 2.76 bits per heavy atom. The Kier molecular flexibility index (Phi) is 6.68. The zero-order chi connectivity index (χ0) is 21.0. The second-order valence-corrected chi connectivity index (χ2v) is 8.01. The lowest BCUT2D eigenvalue weighted by atomic mass is 10.2. The molecule has 0 aliphatic carbocycles. The van der Waals surface area contributed by atoms with Crippen molar-refractivity contribution in [3.63, 3.8) is 0 Å². The quantitative estimate of drug-likeness (QED) is 0.713. The molecule has 3 rings (SSSR count). The Bertz CT molecular complexity index is 1000. The number of rotatable bonds is 7. The number of hydrogen-bond donors (Lipinski definition) is 2. The van der Waals surface area contributed by atoms with E-state index in [2.05, 4.69) is 4.98 Å². The summed E-state index contributed by atoms with van der Waals surface area (Å²) in [5, 5.41) is 0. The van der Waals surface area contributed by atoms with Gasteiger partial charge in [-0.15, -0.1) is 11.8 Å². The van der Waals surface area contributed by atoms with Crippen molar-refractivity contribution in [1.29, 1.82) is 0 Å². The van der Waals surface area contributed by atoms with Gasteiger partial charge in [-0.05, 0) is 25.5 Å². The van der Waals surface area contributed by atoms with Gasteiger partial charge in [-0.2, -0.15) is 0 Å². The number of thioether (sulfide) groups is 1. The van der Waals surface area contributed by atoms with Gasteiger partial charge in [0.2, 0.25) is 5.91 Å². The summed E-state index contributed by atoms with van der Waals surface area (Å²) in [6, 6.07) is 7.97. The number of nitrogens with zero attached hydrogens (tertiary/aromatic N) is 3. The number of nitrogen functional groups attached to an aromatic ring is 1. The van der Waals surface area contributed by atoms with E-state index < -0.39 is 11.2 Å². The largest absolute Gasteiger partial charge is 0.383 e. The maximum atomic E-state index is 13.1. The van der Waals surface area contributed by atoms with Gasteiger partial charge in [0.05, 0.1) is 12.2 Å². The van der Waals surface area contributed by atoms with Crippen LogP contribution in [0.25, 0.3) is 0 Å². The fourth-order valence-electron chi connectivity index (χ4n) is 3.48. The molecule has 1 aromatic heterocycles. The Morgan fingerprint density at radius 1 is 1.28 bits per heavy atom. The maximum absolute atomic E-state index is 13.1. The normalized spacial score (nSPS) is 13.2. The van der Waals surface area contributed by atoms with Crippen molar-refractivity contribution in [3.05, 3.63) is 45.1 Å². The summed E-state index contributed by atoms with van der Waals surface area (Å²) in [5.41, 5.74) is 6.07. The number of nitrogens with one attached hydrogen (secondary N) is 1. The molecule has 1 aromatic carbocycles. The van der Waals surface area contributed by atoms with E-state index in [-0.39, 0.29) is 30.5 Å². The molecule has 1 amide bonds. The number of nitrogens with two attached hydrogens (primary N) is 1. The van der Waals surface area contributed by atoms with Crippen LogP contribution in [0.5, 0.6) is 0 Å². The highest BCUT2D eigenvalue weighted by atomic mass is 32.2. The van der Waals surface area contributed by atoms with Crippen molar-refractivity contribution in [2.24, 2.45) is 0 Å². The second-order valence-electron chi connectivity index (χ2n) is 6.87. The number of benzene rings is 1. The molecule has 9 heteroatoms. The van der Waals surface area contributed by atoms with Crippen LogP contribution in [0.4, 0.5) is 17.2 Å². The molecule has 0 fully saturated rings. The molecule has 2 heterocycles. The van der Waals surface area contributed by atoms with Crippen molar-refractivity contribution >= 4 is 34.9 Å². The molecule has 0 spiro atoms. The van der Waals surface area contributed by atoms with E-state index in [0.717, 1.165) is 35.7 Å². The number of aromatic amines is 1. The summed E-state index contributed by atoms with van der Waals surface area (Å²) in [4.78, 5) is 44.7. The van der Waals surface area contributed by atoms with Gasteiger partial charge in [0, 0.05) is 30.3 Å². The molecular formula is C20H27N5O3S. The van der Waals surface area contributed by atoms with Crippen LogP contribution in [0, 0.1) is 0 Å². The minimum absolute atomic E-state index is 0.0389. The third kappa shape index (κ3) is 4.34. The van der Waals surface area contributed by atoms with Gasteiger partial charge < -0.3 is 15.5 Å². The third-order valence-electron chi connectivity index (χ3n) is 4.99. The van der Waals surface area contributed by atoms with Crippen LogP contribution in [0.1, 0.15) is 26.7 Å². The number of amides is 1. The SMILES string of the molecule is CCCCn1c(N)c(N(CC)C(=O)CN2CCSc3ccccc32)c(=O)[nH]c1=O. The number of hydrogen-bond acceptors (Lipinski definition) is 6. The average Bonchev–Trinajstić information content (AvgIpc) is 2.71. The van der Waals surface area contributed by atoms with Crippen LogP contribution < -0.4 is 26.8 Å². The molecular weight excluding hydrogens is 390 g/mol. The summed E-state index contributed by atoms with van der Waals surface area (Å²) in [6.45, 7) is 5.35. The molecule has 2 aromatic rings. The lowest BCUT2D eigenvalue weighted by Gasteiger charge is -2.32. The highest BCUT2D eigenvalue weighted by Gasteiger charge is 2.26. The predicted octanol–water partition coefficient (Wildman–Crippen LogP) is 1.88. The zero-order valence-electron chi connectivity index (χ0n) is 16.8. The molecule has 8 nitrogen and oxygen atoms in total. The van der Waals surface area contributed by atoms with Gasteiger partial charge in [-0.1, -0.05) is 25.5 Å². The van der Waals surface area contributed by atoms with E-state index >= 15 is 0 Å². The lowest BCUT2D eigenvalue weighted by Crippen LogP contribution is -2.46. The minimum atomic E-state index is -0.634. The summed E-state index contributed by atoms with van der Waals surface area (Å²) in [6.07, 6.45) is 1.63. The van der Waals surface area contributed by atoms with Crippen LogP contribution in [-0.4, -0.2) is 40.8 Å². The Hall–Kier alpha value is -2.68. The highest BCUT2D eigenvalue weighted by Crippen LogP contribution is 2.34. The van der Waals surface area contributed by atoms with Crippen LogP contribution in [-0.2, 0) is 11.3 Å². The number of carbonyl (C=O) groups is 1. The van der Waals surface area contributed by atoms with Crippen molar-refractivity contribution in [1.82, 2.24) is 9.55 Å². The van der Waals surface area contributed by atoms with Crippen molar-refractivity contribution in [2.45, 2.75) is 38.1 Å². The van der Waals surface area contributed by atoms with E-state index in [1.807, 2.05) is 36.1 Å². The van der Waals surface area contributed by atoms with E-state index in [4.69, 9.17) is 5.73 Å². The van der Waals surface area contributed by atoms with Gasteiger partial charge >= 0.3 is 5.69 Å². The number of carbonyl (C=O) groups excluding carboxylic acids is 1. The lowest BCUT2D eigenvalue weighted by molar-refractivity contribution is -0.117. The fourth-order valence-corrected chi connectivity index (χ4v) is 4.53. The molecule has 1 aliphatic rings. The van der Waals surface area contributed by atoms with Crippen LogP contribution in [0.2, 0.25) is 0 Å². The highest BCUT2D eigenvalue weighted by molar-refractivity contribution is 7.99. The molecule has 0 atom stereocenters. The first-order chi connectivity index (χ1) is 14.0. The van der Waals surface area contributed by atoms with Crippen molar-refractivity contribution in [3.8, 4) is 0 Å². The molecule has 0 bridgehead atoms. The van der Waals surface area contributed by atoms with E-state index in [0.29, 0.717) is 6.54 Å². The molecule has 156 valence electrons. The van der Waals surface area contributed by atoms with Gasteiger partial charge in [0.1, 0.15) is 5.82 Å². The van der Waals surface area contributed by atoms with Gasteiger partial charge in [0.25, 0.3) is 5.56 Å². The summed E-state index contributed by atoms with van der Waals surface area (Å²) >= 11 is 1.77. The number of anilines is 3. The monoisotopic (exact) mass is 417 g/mol. The molecule has 3 N–H and O–H groups in total. The summed E-state index contributed by atoms with van der Waals surface area (Å²) in [7, 11) is 0. The maximum Gasteiger partial charge on any atom is 0.330 e. The first kappa shape index (κ1) is 21.0. The van der Waals surface area contributed by atoms with Crippen LogP contribution in [0.3, 0.4) is 0 Å². The summed E-state index contributed by atoms with van der Waals surface area (Å²) < 4.78 is 1.34. The van der Waals surface area contributed by atoms with Crippen LogP contribution >= 0.6 is 11.8 Å². The Morgan fingerprint density at radius 2 is 2.03 bits per heavy atom. The number of unbranched alkanes of at least 4 members (excludes halogenated alkanes) is 1. The molecule has 0 saturated heterocycles. The Labute approximate surface area is 173 Å². The molecule has 0 unspecified atom stereocenters. The van der Waals surface area contributed by atoms with E-state index in [1.165, 1.54) is 9.47 Å². The second kappa shape index (κ2) is 9.21. The van der Waals surface area contributed by atoms with E-state index in [1.54, 1.807) is 18.7 Å². The average molecular weight is 418 g/mol. The molecule has 1 aliphatic heterocycles. The van der Waals surface area contributed by atoms with Crippen LogP contribution in [0.15, 0.2) is 38.8 Å². The standard InChI is InChI=1S/C20H27N5O3S/c1-3-5-10-25-18(21)17(19(27)22-20(25)28)24(4-2)16(26)13-23-11-12-29-15-9-7-6-8-14(15)23/h6-9H,3-5,10-13,21H2,1-2H3,(H,22,27,28). The molecule has 29 heavy (non-hydrogen) atoms. The fraction of sp³-hybridized carbons (Fsp3) is 0.450. The van der Waals surface area contributed by atoms with Crippen molar-refractivity contribution < 1.29 is 4.79 Å². The first-order valence-corrected chi connectivity index (χ1v) is 10.9. The number of likely N-dealkylation sites (N-methyl/N-ethyl adjacent to an activating group) is 1. The van der Waals surface area contributed by atoms with Gasteiger partial charge in [-0.3, -0.25) is 19.1 Å². The number of H-pyrrole nitrogens is 1. The number of aromatic nitrogens is 2. The topological polar surface area (TPSA) is 104 Å². The Balaban J connectivity index is 1.91. The smallest absolute Gasteiger partial charge is 0.330 e. The summed E-state index contributed by atoms with van der Waals surface area (Å²) in [5.74, 6) is 0.699. The number of para-hydroxylation sites is 1. The first-order valence-electron chi connectivity index (χ1n) is 9.87. The minimum Gasteiger partial charge on any atom is -0.383 e. The van der Waals surface area contributed by atoms with Gasteiger partial charge in [-0.25, -0.2) is 4.79 Å². The molecule has 0 saturated carbocycles. The number of fused-ring (bicyclic) bond motifs is 1. The predicted molar refractivity (Wildman–Crippen MR) is 118 cm³/mol. The van der Waals surface area contributed by atoms with E-state index in [9.17, 15) is 14.4 Å². The molecule has 0 radical (unpaired) electrons. The van der Waals surface area contributed by atoms with Gasteiger partial charge in [0.15, 0.2) is 5.69 Å². The third-order valence-corrected chi connectivity index (χ3v) is 6.03.